The molecule has 0 aliphatic carbocycles. The second-order valence-electron chi connectivity index (χ2n) is 3.70. The number of carbonyl (C=O) groups is 1. The minimum atomic E-state index is -0.600. The van der Waals surface area contributed by atoms with Crippen LogP contribution >= 0.6 is 0 Å². The first-order chi connectivity index (χ1) is 8.61. The van der Waals surface area contributed by atoms with Crippen molar-refractivity contribution < 1.29 is 23.9 Å². The fourth-order valence-electron chi connectivity index (χ4n) is 1.37. The SMILES string of the molecule is COC(=O)c1ccc([N+](=O)[O-])cc1OCC1CO1. The highest BCUT2D eigenvalue weighted by molar-refractivity contribution is 5.92. The van der Waals surface area contributed by atoms with Crippen molar-refractivity contribution in [1.82, 2.24) is 0 Å². The summed E-state index contributed by atoms with van der Waals surface area (Å²) in [5, 5.41) is 10.7. The topological polar surface area (TPSA) is 91.2 Å². The largest absolute Gasteiger partial charge is 0.490 e. The van der Waals surface area contributed by atoms with Gasteiger partial charge >= 0.3 is 5.97 Å². The molecule has 0 radical (unpaired) electrons. The second kappa shape index (κ2) is 5.01. The van der Waals surface area contributed by atoms with E-state index in [-0.39, 0.29) is 29.7 Å². The van der Waals surface area contributed by atoms with E-state index in [9.17, 15) is 14.9 Å². The second-order valence-corrected chi connectivity index (χ2v) is 3.70. The zero-order valence-electron chi connectivity index (χ0n) is 9.62. The highest BCUT2D eigenvalue weighted by Gasteiger charge is 2.25. The molecular formula is C11H11NO6. The molecule has 1 unspecified atom stereocenters. The number of nitro benzene ring substituents is 1. The molecule has 7 nitrogen and oxygen atoms in total. The molecule has 18 heavy (non-hydrogen) atoms. The van der Waals surface area contributed by atoms with E-state index in [1.165, 1.54) is 25.3 Å². The number of rotatable bonds is 5. The summed E-state index contributed by atoms with van der Waals surface area (Å²) in [4.78, 5) is 21.6. The molecule has 1 aromatic carbocycles. The Morgan fingerprint density at radius 2 is 2.33 bits per heavy atom. The Morgan fingerprint density at radius 3 is 2.89 bits per heavy atom. The van der Waals surface area contributed by atoms with Crippen molar-refractivity contribution in [3.05, 3.63) is 33.9 Å². The van der Waals surface area contributed by atoms with Gasteiger partial charge < -0.3 is 14.2 Å². The quantitative estimate of drug-likeness (QED) is 0.338. The molecule has 1 fully saturated rings. The molecule has 1 aliphatic rings. The summed E-state index contributed by atoms with van der Waals surface area (Å²) < 4.78 is 14.9. The third kappa shape index (κ3) is 2.75. The molecule has 0 amide bonds. The fraction of sp³-hybridized carbons (Fsp3) is 0.364. The van der Waals surface area contributed by atoms with Gasteiger partial charge in [0.05, 0.1) is 24.7 Å². The summed E-state index contributed by atoms with van der Waals surface area (Å²) in [6.45, 7) is 0.855. The van der Waals surface area contributed by atoms with Crippen LogP contribution in [0.1, 0.15) is 10.4 Å². The smallest absolute Gasteiger partial charge is 0.341 e. The van der Waals surface area contributed by atoms with E-state index in [1.807, 2.05) is 0 Å². The molecular weight excluding hydrogens is 242 g/mol. The monoisotopic (exact) mass is 253 g/mol. The van der Waals surface area contributed by atoms with Crippen LogP contribution in [0.2, 0.25) is 0 Å². The Hall–Kier alpha value is -2.15. The number of hydrogen-bond donors (Lipinski definition) is 0. The van der Waals surface area contributed by atoms with Gasteiger partial charge in [-0.3, -0.25) is 10.1 Å². The van der Waals surface area contributed by atoms with Crippen molar-refractivity contribution in [2.24, 2.45) is 0 Å². The van der Waals surface area contributed by atoms with Gasteiger partial charge in [0.2, 0.25) is 0 Å². The van der Waals surface area contributed by atoms with Crippen LogP contribution < -0.4 is 4.74 Å². The fourth-order valence-corrected chi connectivity index (χ4v) is 1.37. The molecule has 1 heterocycles. The molecule has 2 rings (SSSR count). The zero-order chi connectivity index (χ0) is 13.1. The normalized spacial score (nSPS) is 17.1. The number of hydrogen-bond acceptors (Lipinski definition) is 6. The van der Waals surface area contributed by atoms with Crippen LogP contribution in [-0.4, -0.2) is 37.3 Å². The van der Waals surface area contributed by atoms with Crippen LogP contribution in [0.3, 0.4) is 0 Å². The predicted octanol–water partition coefficient (Wildman–Crippen LogP) is 1.16. The number of nitro groups is 1. The average Bonchev–Trinajstić information content (AvgIpc) is 3.19. The Morgan fingerprint density at radius 1 is 1.61 bits per heavy atom. The summed E-state index contributed by atoms with van der Waals surface area (Å²) in [6.07, 6.45) is -0.00485. The van der Waals surface area contributed by atoms with E-state index in [4.69, 9.17) is 9.47 Å². The third-order valence-electron chi connectivity index (χ3n) is 2.41. The highest BCUT2D eigenvalue weighted by atomic mass is 16.6. The predicted molar refractivity (Wildman–Crippen MR) is 59.7 cm³/mol. The lowest BCUT2D eigenvalue weighted by atomic mass is 10.2. The summed E-state index contributed by atoms with van der Waals surface area (Å²) in [5.74, 6) is -0.469. The Balaban J connectivity index is 2.25. The van der Waals surface area contributed by atoms with Crippen molar-refractivity contribution in [2.75, 3.05) is 20.3 Å². The van der Waals surface area contributed by atoms with E-state index < -0.39 is 10.9 Å². The van der Waals surface area contributed by atoms with Gasteiger partial charge in [0.15, 0.2) is 0 Å². The Labute approximate surface area is 102 Å². The zero-order valence-corrected chi connectivity index (χ0v) is 9.62. The molecule has 1 aromatic rings. The van der Waals surface area contributed by atoms with Crippen molar-refractivity contribution in [3.8, 4) is 5.75 Å². The molecule has 96 valence electrons. The number of benzene rings is 1. The maximum atomic E-state index is 11.5. The van der Waals surface area contributed by atoms with Crippen LogP contribution in [0.4, 0.5) is 5.69 Å². The summed E-state index contributed by atoms with van der Waals surface area (Å²) >= 11 is 0. The van der Waals surface area contributed by atoms with Crippen LogP contribution in [0.25, 0.3) is 0 Å². The molecule has 0 aromatic heterocycles. The van der Waals surface area contributed by atoms with E-state index in [1.54, 1.807) is 0 Å². The molecule has 7 heteroatoms. The maximum Gasteiger partial charge on any atom is 0.341 e. The Kier molecular flexibility index (Phi) is 3.42. The number of esters is 1. The first kappa shape index (κ1) is 12.3. The number of carbonyl (C=O) groups excluding carboxylic acids is 1. The van der Waals surface area contributed by atoms with Crippen LogP contribution in [0.5, 0.6) is 5.75 Å². The Bertz CT molecular complexity index is 482. The van der Waals surface area contributed by atoms with E-state index in [0.29, 0.717) is 6.61 Å². The van der Waals surface area contributed by atoms with E-state index >= 15 is 0 Å². The lowest BCUT2D eigenvalue weighted by Crippen LogP contribution is -2.10. The van der Waals surface area contributed by atoms with Gasteiger partial charge in [0.1, 0.15) is 24.0 Å². The first-order valence-electron chi connectivity index (χ1n) is 5.23. The third-order valence-corrected chi connectivity index (χ3v) is 2.41. The van der Waals surface area contributed by atoms with Crippen molar-refractivity contribution in [1.29, 1.82) is 0 Å². The molecule has 0 N–H and O–H groups in total. The van der Waals surface area contributed by atoms with Crippen LogP contribution in [0, 0.1) is 10.1 Å². The van der Waals surface area contributed by atoms with Crippen LogP contribution in [-0.2, 0) is 9.47 Å². The van der Waals surface area contributed by atoms with Crippen LogP contribution in [0.15, 0.2) is 18.2 Å². The number of methoxy groups -OCH3 is 1. The molecule has 0 bridgehead atoms. The van der Waals surface area contributed by atoms with Gasteiger partial charge in [0, 0.05) is 6.07 Å². The van der Waals surface area contributed by atoms with Crippen molar-refractivity contribution in [2.45, 2.75) is 6.10 Å². The van der Waals surface area contributed by atoms with E-state index in [2.05, 4.69) is 4.74 Å². The van der Waals surface area contributed by atoms with Gasteiger partial charge in [0.25, 0.3) is 5.69 Å². The first-order valence-corrected chi connectivity index (χ1v) is 5.23. The van der Waals surface area contributed by atoms with Gasteiger partial charge in [-0.25, -0.2) is 4.79 Å². The number of non-ortho nitro benzene ring substituents is 1. The number of nitrogens with zero attached hydrogens (tertiary/aromatic N) is 1. The molecule has 1 aliphatic heterocycles. The standard InChI is InChI=1S/C11H11NO6/c1-16-11(13)9-3-2-7(12(14)15)4-10(9)18-6-8-5-17-8/h2-4,8H,5-6H2,1H3. The minimum Gasteiger partial charge on any atom is -0.490 e. The summed E-state index contributed by atoms with van der Waals surface area (Å²) in [6, 6.07) is 3.74. The number of ether oxygens (including phenoxy) is 3. The molecule has 0 saturated carbocycles. The lowest BCUT2D eigenvalue weighted by molar-refractivity contribution is -0.384. The maximum absolute atomic E-state index is 11.5. The lowest BCUT2D eigenvalue weighted by Gasteiger charge is -2.08. The molecule has 1 saturated heterocycles. The van der Waals surface area contributed by atoms with Gasteiger partial charge in [-0.05, 0) is 6.07 Å². The molecule has 0 spiro atoms. The van der Waals surface area contributed by atoms with Gasteiger partial charge in [-0.15, -0.1) is 0 Å². The van der Waals surface area contributed by atoms with Gasteiger partial charge in [-0.1, -0.05) is 0 Å². The number of epoxide rings is 1. The van der Waals surface area contributed by atoms with Crippen molar-refractivity contribution in [3.63, 3.8) is 0 Å². The van der Waals surface area contributed by atoms with Crippen molar-refractivity contribution >= 4 is 11.7 Å². The molecule has 1 atom stereocenters. The summed E-state index contributed by atoms with van der Waals surface area (Å²) in [7, 11) is 1.23. The summed E-state index contributed by atoms with van der Waals surface area (Å²) in [5.41, 5.74) is 0.0121. The van der Waals surface area contributed by atoms with Gasteiger partial charge in [-0.2, -0.15) is 0 Å². The van der Waals surface area contributed by atoms with E-state index in [0.717, 1.165) is 0 Å². The minimum absolute atomic E-state index is 0.00485. The highest BCUT2D eigenvalue weighted by Crippen LogP contribution is 2.26. The average molecular weight is 253 g/mol.